The third kappa shape index (κ3) is 3.33. The first-order valence-corrected chi connectivity index (χ1v) is 8.75. The van der Waals surface area contributed by atoms with Crippen molar-refractivity contribution in [1.82, 2.24) is 10.2 Å². The smallest absolute Gasteiger partial charge is 0.399 e. The monoisotopic (exact) mass is 348 g/mol. The lowest BCUT2D eigenvalue weighted by atomic mass is 9.78. The Morgan fingerprint density at radius 3 is 2.48 bits per heavy atom. The van der Waals surface area contributed by atoms with E-state index in [-0.39, 0.29) is 17.4 Å². The highest BCUT2D eigenvalue weighted by Gasteiger charge is 2.52. The fourth-order valence-corrected chi connectivity index (χ4v) is 3.17. The zero-order valence-corrected chi connectivity index (χ0v) is 15.6. The predicted molar refractivity (Wildman–Crippen MR) is 95.5 cm³/mol. The molecular formula is C18H26BFN2O3. The van der Waals surface area contributed by atoms with E-state index >= 15 is 0 Å². The summed E-state index contributed by atoms with van der Waals surface area (Å²) in [4.78, 5) is 14.5. The van der Waals surface area contributed by atoms with Gasteiger partial charge in [0, 0.05) is 30.7 Å². The quantitative estimate of drug-likeness (QED) is 0.843. The number of nitrogens with zero attached hydrogens (tertiary/aromatic N) is 1. The van der Waals surface area contributed by atoms with Crippen molar-refractivity contribution in [3.63, 3.8) is 0 Å². The van der Waals surface area contributed by atoms with Gasteiger partial charge in [-0.3, -0.25) is 4.79 Å². The SMILES string of the molecule is CN(C(=O)c1ccc(F)c(B2OC(C)(C)C(C)(C)O2)c1)C1CCNC1. The van der Waals surface area contributed by atoms with Gasteiger partial charge in [-0.2, -0.15) is 0 Å². The number of halogens is 1. The molecule has 3 rings (SSSR count). The van der Waals surface area contributed by atoms with Crippen LogP contribution in [0.4, 0.5) is 4.39 Å². The topological polar surface area (TPSA) is 50.8 Å². The second kappa shape index (κ2) is 6.38. The first-order chi connectivity index (χ1) is 11.6. The molecule has 0 saturated carbocycles. The lowest BCUT2D eigenvalue weighted by Gasteiger charge is -2.32. The normalized spacial score (nSPS) is 24.6. The van der Waals surface area contributed by atoms with Crippen molar-refractivity contribution >= 4 is 18.5 Å². The van der Waals surface area contributed by atoms with Crippen LogP contribution < -0.4 is 10.8 Å². The Morgan fingerprint density at radius 1 is 1.28 bits per heavy atom. The average Bonchev–Trinajstić information content (AvgIpc) is 3.13. The molecule has 5 nitrogen and oxygen atoms in total. The van der Waals surface area contributed by atoms with Crippen LogP contribution in [0.15, 0.2) is 18.2 Å². The van der Waals surface area contributed by atoms with Gasteiger partial charge in [-0.05, 0) is 58.9 Å². The Morgan fingerprint density at radius 2 is 1.92 bits per heavy atom. The number of hydrogen-bond acceptors (Lipinski definition) is 4. The number of carbonyl (C=O) groups is 1. The summed E-state index contributed by atoms with van der Waals surface area (Å²) in [7, 11) is 0.967. The molecule has 1 amide bonds. The van der Waals surface area contributed by atoms with Crippen molar-refractivity contribution in [2.24, 2.45) is 0 Å². The van der Waals surface area contributed by atoms with Crippen molar-refractivity contribution in [1.29, 1.82) is 0 Å². The van der Waals surface area contributed by atoms with E-state index in [4.69, 9.17) is 9.31 Å². The molecule has 0 bridgehead atoms. The van der Waals surface area contributed by atoms with E-state index in [0.717, 1.165) is 19.5 Å². The first-order valence-electron chi connectivity index (χ1n) is 8.75. The van der Waals surface area contributed by atoms with Crippen LogP contribution >= 0.6 is 0 Å². The summed E-state index contributed by atoms with van der Waals surface area (Å²) in [5.41, 5.74) is -0.407. The number of likely N-dealkylation sites (N-methyl/N-ethyl adjacent to an activating group) is 1. The maximum absolute atomic E-state index is 14.4. The Labute approximate surface area is 149 Å². The van der Waals surface area contributed by atoms with Crippen molar-refractivity contribution in [3.05, 3.63) is 29.6 Å². The molecule has 0 radical (unpaired) electrons. The van der Waals surface area contributed by atoms with E-state index in [1.54, 1.807) is 18.0 Å². The zero-order valence-electron chi connectivity index (χ0n) is 15.6. The van der Waals surface area contributed by atoms with Gasteiger partial charge < -0.3 is 19.5 Å². The third-order valence-electron chi connectivity index (χ3n) is 5.65. The zero-order chi connectivity index (χ0) is 18.4. The molecular weight excluding hydrogens is 322 g/mol. The minimum atomic E-state index is -0.823. The second-order valence-corrected chi connectivity index (χ2v) is 7.89. The minimum absolute atomic E-state index is 0.119. The standard InChI is InChI=1S/C18H26BFN2O3/c1-17(2)18(3,4)25-19(24-17)14-10-12(6-7-15(14)20)16(23)22(5)13-8-9-21-11-13/h6-7,10,13,21H,8-9,11H2,1-5H3. The Hall–Kier alpha value is -1.44. The molecule has 25 heavy (non-hydrogen) atoms. The molecule has 0 aromatic heterocycles. The Bertz CT molecular complexity index is 658. The fourth-order valence-electron chi connectivity index (χ4n) is 3.17. The molecule has 2 aliphatic rings. The molecule has 1 unspecified atom stereocenters. The Balaban J connectivity index is 1.85. The van der Waals surface area contributed by atoms with E-state index in [1.807, 2.05) is 27.7 Å². The van der Waals surface area contributed by atoms with E-state index in [1.165, 1.54) is 12.1 Å². The van der Waals surface area contributed by atoms with Crippen LogP contribution in [0.2, 0.25) is 0 Å². The number of nitrogens with one attached hydrogen (secondary N) is 1. The van der Waals surface area contributed by atoms with E-state index in [9.17, 15) is 9.18 Å². The second-order valence-electron chi connectivity index (χ2n) is 7.89. The molecule has 1 N–H and O–H groups in total. The minimum Gasteiger partial charge on any atom is -0.399 e. The third-order valence-corrected chi connectivity index (χ3v) is 5.65. The van der Waals surface area contributed by atoms with Crippen molar-refractivity contribution in [2.75, 3.05) is 20.1 Å². The highest BCUT2D eigenvalue weighted by atomic mass is 19.1. The van der Waals surface area contributed by atoms with Gasteiger partial charge in [0.2, 0.25) is 0 Å². The van der Waals surface area contributed by atoms with Crippen molar-refractivity contribution in [3.8, 4) is 0 Å². The predicted octanol–water partition coefficient (Wildman–Crippen LogP) is 1.56. The van der Waals surface area contributed by atoms with E-state index in [0.29, 0.717) is 5.56 Å². The van der Waals surface area contributed by atoms with Gasteiger partial charge in [0.15, 0.2) is 0 Å². The van der Waals surface area contributed by atoms with Gasteiger partial charge in [-0.15, -0.1) is 0 Å². The summed E-state index contributed by atoms with van der Waals surface area (Å²) < 4.78 is 26.3. The fraction of sp³-hybridized carbons (Fsp3) is 0.611. The molecule has 2 fully saturated rings. The van der Waals surface area contributed by atoms with Crippen LogP contribution in [-0.4, -0.2) is 55.3 Å². The number of benzene rings is 1. The summed E-state index contributed by atoms with van der Waals surface area (Å²) in [6.45, 7) is 9.36. The van der Waals surface area contributed by atoms with Gasteiger partial charge in [-0.1, -0.05) is 0 Å². The van der Waals surface area contributed by atoms with Crippen LogP contribution in [0.3, 0.4) is 0 Å². The molecule has 0 aliphatic carbocycles. The summed E-state index contributed by atoms with van der Waals surface area (Å²) in [5.74, 6) is -0.549. The molecule has 2 aliphatic heterocycles. The van der Waals surface area contributed by atoms with Gasteiger partial charge in [0.1, 0.15) is 5.82 Å². The van der Waals surface area contributed by atoms with Crippen molar-refractivity contribution < 1.29 is 18.5 Å². The molecule has 1 aromatic carbocycles. The molecule has 7 heteroatoms. The molecule has 136 valence electrons. The van der Waals surface area contributed by atoms with Crippen LogP contribution in [0.1, 0.15) is 44.5 Å². The molecule has 0 spiro atoms. The summed E-state index contributed by atoms with van der Waals surface area (Å²) >= 11 is 0. The van der Waals surface area contributed by atoms with Gasteiger partial charge in [0.25, 0.3) is 5.91 Å². The lowest BCUT2D eigenvalue weighted by molar-refractivity contribution is 0.00578. The maximum Gasteiger partial charge on any atom is 0.497 e. The van der Waals surface area contributed by atoms with Crippen molar-refractivity contribution in [2.45, 2.75) is 51.4 Å². The summed E-state index contributed by atoms with van der Waals surface area (Å²) in [5, 5.41) is 3.25. The first kappa shape index (κ1) is 18.4. The summed E-state index contributed by atoms with van der Waals surface area (Å²) in [6, 6.07) is 4.55. The molecule has 1 atom stereocenters. The van der Waals surface area contributed by atoms with E-state index < -0.39 is 24.1 Å². The Kier molecular flexibility index (Phi) is 4.68. The number of carbonyl (C=O) groups excluding carboxylic acids is 1. The van der Waals surface area contributed by atoms with Crippen LogP contribution in [0.5, 0.6) is 0 Å². The van der Waals surface area contributed by atoms with E-state index in [2.05, 4.69) is 5.32 Å². The molecule has 1 aromatic rings. The van der Waals surface area contributed by atoms with Crippen LogP contribution in [0, 0.1) is 5.82 Å². The highest BCUT2D eigenvalue weighted by molar-refractivity contribution is 6.62. The van der Waals surface area contributed by atoms with Gasteiger partial charge in [-0.25, -0.2) is 4.39 Å². The summed E-state index contributed by atoms with van der Waals surface area (Å²) in [6.07, 6.45) is 0.924. The maximum atomic E-state index is 14.4. The molecule has 2 saturated heterocycles. The van der Waals surface area contributed by atoms with Crippen LogP contribution in [0.25, 0.3) is 0 Å². The van der Waals surface area contributed by atoms with Crippen LogP contribution in [-0.2, 0) is 9.31 Å². The molecule has 2 heterocycles. The number of amides is 1. The largest absolute Gasteiger partial charge is 0.497 e. The number of hydrogen-bond donors (Lipinski definition) is 1. The van der Waals surface area contributed by atoms with Gasteiger partial charge >= 0.3 is 7.12 Å². The highest BCUT2D eigenvalue weighted by Crippen LogP contribution is 2.36. The average molecular weight is 348 g/mol. The number of rotatable bonds is 3. The van der Waals surface area contributed by atoms with Gasteiger partial charge in [0.05, 0.1) is 11.2 Å². The lowest BCUT2D eigenvalue weighted by Crippen LogP contribution is -2.41.